The fraction of sp³-hybridized carbons (Fsp3) is 0.900. The van der Waals surface area contributed by atoms with E-state index in [1.54, 1.807) is 4.90 Å². The Labute approximate surface area is 85.8 Å². The molecule has 1 amide bonds. The predicted octanol–water partition coefficient (Wildman–Crippen LogP) is 1.52. The van der Waals surface area contributed by atoms with Gasteiger partial charge >= 0.3 is 6.09 Å². The Hall–Kier alpha value is -0.770. The Morgan fingerprint density at radius 1 is 1.29 bits per heavy atom. The third-order valence-corrected chi connectivity index (χ3v) is 2.63. The van der Waals surface area contributed by atoms with Crippen molar-refractivity contribution in [2.75, 3.05) is 32.9 Å². The van der Waals surface area contributed by atoms with Crippen LogP contribution in [0.2, 0.25) is 0 Å². The molecule has 14 heavy (non-hydrogen) atoms. The summed E-state index contributed by atoms with van der Waals surface area (Å²) in [5.41, 5.74) is 0. The lowest BCUT2D eigenvalue weighted by molar-refractivity contribution is 0.0529. The summed E-state index contributed by atoms with van der Waals surface area (Å²) in [6.45, 7) is 8.10. The van der Waals surface area contributed by atoms with E-state index in [4.69, 9.17) is 4.74 Å². The van der Waals surface area contributed by atoms with Gasteiger partial charge in [0, 0.05) is 13.1 Å². The fourth-order valence-electron chi connectivity index (χ4n) is 1.54. The molecule has 0 aromatic carbocycles. The number of nitrogens with zero attached hydrogens (tertiary/aromatic N) is 2. The van der Waals surface area contributed by atoms with Crippen LogP contribution in [-0.2, 0) is 4.74 Å². The first kappa shape index (κ1) is 11.3. The van der Waals surface area contributed by atoms with E-state index in [9.17, 15) is 4.79 Å². The van der Waals surface area contributed by atoms with Crippen molar-refractivity contribution >= 4 is 6.09 Å². The summed E-state index contributed by atoms with van der Waals surface area (Å²) < 4.78 is 5.18. The quantitative estimate of drug-likeness (QED) is 0.645. The summed E-state index contributed by atoms with van der Waals surface area (Å²) in [6, 6.07) is 0. The summed E-state index contributed by atoms with van der Waals surface area (Å²) in [5, 5.41) is 0. The van der Waals surface area contributed by atoms with E-state index in [1.807, 2.05) is 0 Å². The molecule has 1 aliphatic rings. The van der Waals surface area contributed by atoms with Crippen molar-refractivity contribution in [3.8, 4) is 0 Å². The third kappa shape index (κ3) is 3.18. The average Bonchev–Trinajstić information content (AvgIpc) is 2.72. The molecule has 0 unspecified atom stereocenters. The van der Waals surface area contributed by atoms with Crippen molar-refractivity contribution < 1.29 is 9.53 Å². The third-order valence-electron chi connectivity index (χ3n) is 2.63. The van der Waals surface area contributed by atoms with E-state index in [-0.39, 0.29) is 6.09 Å². The maximum absolute atomic E-state index is 11.5. The van der Waals surface area contributed by atoms with E-state index >= 15 is 0 Å². The van der Waals surface area contributed by atoms with Crippen LogP contribution in [0.15, 0.2) is 0 Å². The standard InChI is InChI=1S/C10H20N2O2/c1-3-11(4-2)9-14-10(13)12-7-5-6-8-12/h3-9H2,1-2H3. The molecule has 82 valence electrons. The van der Waals surface area contributed by atoms with Gasteiger partial charge in [-0.05, 0) is 25.9 Å². The van der Waals surface area contributed by atoms with Crippen LogP contribution in [0.5, 0.6) is 0 Å². The van der Waals surface area contributed by atoms with Crippen LogP contribution in [0.1, 0.15) is 26.7 Å². The summed E-state index contributed by atoms with van der Waals surface area (Å²) >= 11 is 0. The van der Waals surface area contributed by atoms with Gasteiger partial charge in [0.1, 0.15) is 6.73 Å². The molecule has 1 heterocycles. The minimum absolute atomic E-state index is 0.158. The van der Waals surface area contributed by atoms with Crippen LogP contribution in [0.3, 0.4) is 0 Å². The number of carbonyl (C=O) groups excluding carboxylic acids is 1. The number of rotatable bonds is 4. The lowest BCUT2D eigenvalue weighted by atomic mass is 10.4. The van der Waals surface area contributed by atoms with Crippen molar-refractivity contribution in [1.29, 1.82) is 0 Å². The monoisotopic (exact) mass is 200 g/mol. The Balaban J connectivity index is 2.19. The number of hydrogen-bond donors (Lipinski definition) is 0. The summed E-state index contributed by atoms with van der Waals surface area (Å²) in [5.74, 6) is 0. The van der Waals surface area contributed by atoms with Gasteiger partial charge in [0.2, 0.25) is 0 Å². The van der Waals surface area contributed by atoms with Crippen molar-refractivity contribution in [3.63, 3.8) is 0 Å². The first-order valence-electron chi connectivity index (χ1n) is 5.42. The maximum atomic E-state index is 11.5. The predicted molar refractivity (Wildman–Crippen MR) is 55.1 cm³/mol. The van der Waals surface area contributed by atoms with E-state index < -0.39 is 0 Å². The fourth-order valence-corrected chi connectivity index (χ4v) is 1.54. The van der Waals surface area contributed by atoms with Gasteiger partial charge in [0.05, 0.1) is 0 Å². The van der Waals surface area contributed by atoms with E-state index in [0.717, 1.165) is 39.0 Å². The number of amides is 1. The van der Waals surface area contributed by atoms with Gasteiger partial charge in [0.15, 0.2) is 0 Å². The molecule has 1 rings (SSSR count). The maximum Gasteiger partial charge on any atom is 0.411 e. The highest BCUT2D eigenvalue weighted by Crippen LogP contribution is 2.08. The summed E-state index contributed by atoms with van der Waals surface area (Å²) in [6.07, 6.45) is 2.06. The van der Waals surface area contributed by atoms with Crippen LogP contribution >= 0.6 is 0 Å². The van der Waals surface area contributed by atoms with Gasteiger partial charge in [0.25, 0.3) is 0 Å². The SMILES string of the molecule is CCN(CC)COC(=O)N1CCCC1. The highest BCUT2D eigenvalue weighted by Gasteiger charge is 2.19. The molecule has 0 aromatic heterocycles. The second kappa shape index (κ2) is 5.86. The second-order valence-corrected chi connectivity index (χ2v) is 3.54. The van der Waals surface area contributed by atoms with Gasteiger partial charge in [-0.1, -0.05) is 13.8 Å². The molecule has 0 aromatic rings. The van der Waals surface area contributed by atoms with Gasteiger partial charge in [-0.25, -0.2) is 4.79 Å². The molecule has 0 radical (unpaired) electrons. The first-order chi connectivity index (χ1) is 6.77. The molecular weight excluding hydrogens is 180 g/mol. The summed E-state index contributed by atoms with van der Waals surface area (Å²) in [4.78, 5) is 15.3. The van der Waals surface area contributed by atoms with Gasteiger partial charge in [-0.15, -0.1) is 0 Å². The van der Waals surface area contributed by atoms with E-state index in [0.29, 0.717) is 6.73 Å². The van der Waals surface area contributed by atoms with Crippen molar-refractivity contribution in [2.24, 2.45) is 0 Å². The van der Waals surface area contributed by atoms with E-state index in [2.05, 4.69) is 18.7 Å². The molecule has 0 atom stereocenters. The van der Waals surface area contributed by atoms with Crippen molar-refractivity contribution in [1.82, 2.24) is 9.80 Å². The average molecular weight is 200 g/mol. The van der Waals surface area contributed by atoms with Crippen molar-refractivity contribution in [3.05, 3.63) is 0 Å². The molecule has 4 nitrogen and oxygen atoms in total. The molecule has 0 saturated carbocycles. The topological polar surface area (TPSA) is 32.8 Å². The normalized spacial score (nSPS) is 16.4. The second-order valence-electron chi connectivity index (χ2n) is 3.54. The molecule has 1 saturated heterocycles. The molecule has 1 fully saturated rings. The minimum Gasteiger partial charge on any atom is -0.433 e. The zero-order chi connectivity index (χ0) is 10.4. The zero-order valence-electron chi connectivity index (χ0n) is 9.16. The lowest BCUT2D eigenvalue weighted by Gasteiger charge is -2.20. The highest BCUT2D eigenvalue weighted by molar-refractivity contribution is 5.67. The van der Waals surface area contributed by atoms with Crippen molar-refractivity contribution in [2.45, 2.75) is 26.7 Å². The largest absolute Gasteiger partial charge is 0.433 e. The lowest BCUT2D eigenvalue weighted by Crippen LogP contribution is -2.33. The number of hydrogen-bond acceptors (Lipinski definition) is 3. The number of ether oxygens (including phenoxy) is 1. The molecule has 1 aliphatic heterocycles. The van der Waals surface area contributed by atoms with Crippen LogP contribution in [0.4, 0.5) is 4.79 Å². The van der Waals surface area contributed by atoms with Gasteiger partial charge in [-0.3, -0.25) is 4.90 Å². The molecule has 0 spiro atoms. The highest BCUT2D eigenvalue weighted by atomic mass is 16.6. The Bertz CT molecular complexity index is 175. The Morgan fingerprint density at radius 3 is 2.36 bits per heavy atom. The molecule has 0 aliphatic carbocycles. The molecular formula is C10H20N2O2. The van der Waals surface area contributed by atoms with E-state index in [1.165, 1.54) is 0 Å². The van der Waals surface area contributed by atoms with Crippen LogP contribution < -0.4 is 0 Å². The molecule has 4 heteroatoms. The molecule has 0 bridgehead atoms. The first-order valence-corrected chi connectivity index (χ1v) is 5.42. The number of likely N-dealkylation sites (tertiary alicyclic amines) is 1. The van der Waals surface area contributed by atoms with Crippen LogP contribution in [0, 0.1) is 0 Å². The number of carbonyl (C=O) groups is 1. The smallest absolute Gasteiger partial charge is 0.411 e. The Kier molecular flexibility index (Phi) is 4.73. The summed E-state index contributed by atoms with van der Waals surface area (Å²) in [7, 11) is 0. The minimum atomic E-state index is -0.158. The molecule has 0 N–H and O–H groups in total. The van der Waals surface area contributed by atoms with Gasteiger partial charge < -0.3 is 9.64 Å². The van der Waals surface area contributed by atoms with Gasteiger partial charge in [-0.2, -0.15) is 0 Å². The zero-order valence-corrected chi connectivity index (χ0v) is 9.16. The Morgan fingerprint density at radius 2 is 1.86 bits per heavy atom. The van der Waals surface area contributed by atoms with Crippen LogP contribution in [-0.4, -0.2) is 48.8 Å². The van der Waals surface area contributed by atoms with Crippen LogP contribution in [0.25, 0.3) is 0 Å².